The summed E-state index contributed by atoms with van der Waals surface area (Å²) in [5.41, 5.74) is 8.33. The van der Waals surface area contributed by atoms with Crippen LogP contribution in [0.4, 0.5) is 10.5 Å². The maximum absolute atomic E-state index is 12.5. The van der Waals surface area contributed by atoms with Crippen LogP contribution in [0.1, 0.15) is 21.5 Å². The highest BCUT2D eigenvalue weighted by Gasteiger charge is 2.13. The van der Waals surface area contributed by atoms with Gasteiger partial charge < -0.3 is 16.0 Å². The van der Waals surface area contributed by atoms with Crippen LogP contribution < -0.4 is 11.1 Å². The van der Waals surface area contributed by atoms with Crippen molar-refractivity contribution in [2.45, 2.75) is 13.5 Å². The fraction of sp³-hybridized carbons (Fsp3) is 0.176. The van der Waals surface area contributed by atoms with Crippen LogP contribution in [0.5, 0.6) is 0 Å². The number of hydrogen-bond acceptors (Lipinski definition) is 2. The maximum atomic E-state index is 12.5. The van der Waals surface area contributed by atoms with Crippen LogP contribution in [0.2, 0.25) is 0 Å². The van der Waals surface area contributed by atoms with Crippen LogP contribution in [0.25, 0.3) is 0 Å². The average Bonchev–Trinajstić information content (AvgIpc) is 2.48. The molecule has 0 spiro atoms. The first-order valence-electron chi connectivity index (χ1n) is 6.94. The fourth-order valence-corrected chi connectivity index (χ4v) is 2.21. The molecule has 5 nitrogen and oxygen atoms in total. The average molecular weight is 297 g/mol. The molecule has 0 heterocycles. The summed E-state index contributed by atoms with van der Waals surface area (Å²) in [6.45, 7) is 2.55. The van der Waals surface area contributed by atoms with Gasteiger partial charge >= 0.3 is 6.03 Å². The van der Waals surface area contributed by atoms with Gasteiger partial charge in [0.2, 0.25) is 0 Å². The number of amides is 3. The highest BCUT2D eigenvalue weighted by atomic mass is 16.2. The van der Waals surface area contributed by atoms with Gasteiger partial charge in [-0.05, 0) is 36.2 Å². The Morgan fingerprint density at radius 3 is 2.55 bits per heavy atom. The Labute approximate surface area is 129 Å². The molecule has 0 saturated carbocycles. The number of carbonyl (C=O) groups excluding carboxylic acids is 2. The van der Waals surface area contributed by atoms with E-state index >= 15 is 0 Å². The molecule has 0 aliphatic carbocycles. The maximum Gasteiger partial charge on any atom is 0.316 e. The molecule has 3 amide bonds. The molecule has 0 aromatic heterocycles. The molecular weight excluding hydrogens is 278 g/mol. The van der Waals surface area contributed by atoms with Gasteiger partial charge in [0.05, 0.1) is 0 Å². The first-order chi connectivity index (χ1) is 10.5. The molecule has 0 bridgehead atoms. The third kappa shape index (κ3) is 3.85. The topological polar surface area (TPSA) is 75.4 Å². The van der Waals surface area contributed by atoms with Crippen molar-refractivity contribution in [1.82, 2.24) is 4.90 Å². The van der Waals surface area contributed by atoms with Crippen LogP contribution >= 0.6 is 0 Å². The molecule has 0 aliphatic rings. The third-order valence-electron chi connectivity index (χ3n) is 3.39. The summed E-state index contributed by atoms with van der Waals surface area (Å²) >= 11 is 0. The second-order valence-corrected chi connectivity index (χ2v) is 5.16. The molecule has 0 aliphatic heterocycles. The van der Waals surface area contributed by atoms with Gasteiger partial charge in [-0.1, -0.05) is 30.3 Å². The van der Waals surface area contributed by atoms with E-state index in [2.05, 4.69) is 5.32 Å². The summed E-state index contributed by atoms with van der Waals surface area (Å²) < 4.78 is 0. The lowest BCUT2D eigenvalue weighted by molar-refractivity contribution is 0.0785. The minimum atomic E-state index is -0.655. The Kier molecular flexibility index (Phi) is 4.78. The van der Waals surface area contributed by atoms with E-state index in [4.69, 9.17) is 5.73 Å². The summed E-state index contributed by atoms with van der Waals surface area (Å²) in [7, 11) is 1.75. The number of hydrogen-bond donors (Lipinski definition) is 2. The number of urea groups is 1. The number of nitrogens with one attached hydrogen (secondary N) is 1. The van der Waals surface area contributed by atoms with Crippen molar-refractivity contribution in [2.24, 2.45) is 5.73 Å². The van der Waals surface area contributed by atoms with Gasteiger partial charge in [0, 0.05) is 24.8 Å². The number of aryl methyl sites for hydroxylation is 1. The first kappa shape index (κ1) is 15.6. The van der Waals surface area contributed by atoms with Crippen molar-refractivity contribution in [3.63, 3.8) is 0 Å². The van der Waals surface area contributed by atoms with Crippen LogP contribution in [-0.4, -0.2) is 23.9 Å². The highest BCUT2D eigenvalue weighted by molar-refractivity contribution is 5.96. The van der Waals surface area contributed by atoms with Gasteiger partial charge in [-0.2, -0.15) is 0 Å². The molecule has 2 rings (SSSR count). The van der Waals surface area contributed by atoms with Crippen molar-refractivity contribution in [3.8, 4) is 0 Å². The lowest BCUT2D eigenvalue weighted by atomic mass is 10.1. The van der Waals surface area contributed by atoms with E-state index in [9.17, 15) is 9.59 Å². The summed E-state index contributed by atoms with van der Waals surface area (Å²) in [5, 5.41) is 2.47. The van der Waals surface area contributed by atoms with Crippen molar-refractivity contribution in [2.75, 3.05) is 12.4 Å². The highest BCUT2D eigenvalue weighted by Crippen LogP contribution is 2.15. The van der Waals surface area contributed by atoms with E-state index in [1.807, 2.05) is 31.2 Å². The Hall–Kier alpha value is -2.82. The standard InChI is InChI=1S/C17H19N3O2/c1-12-6-3-4-7-14(12)11-20(2)16(21)13-8-5-9-15(10-13)19-17(18)22/h3-10H,11H2,1-2H3,(H3,18,19,22). The van der Waals surface area contributed by atoms with E-state index in [1.54, 1.807) is 36.2 Å². The van der Waals surface area contributed by atoms with Crippen molar-refractivity contribution in [3.05, 3.63) is 65.2 Å². The summed E-state index contributed by atoms with van der Waals surface area (Å²) in [5.74, 6) is -0.114. The molecule has 0 unspecified atom stereocenters. The summed E-state index contributed by atoms with van der Waals surface area (Å²) in [4.78, 5) is 25.0. The summed E-state index contributed by atoms with van der Waals surface area (Å²) in [6.07, 6.45) is 0. The monoisotopic (exact) mass is 297 g/mol. The number of benzene rings is 2. The van der Waals surface area contributed by atoms with Gasteiger partial charge in [-0.3, -0.25) is 4.79 Å². The Balaban J connectivity index is 2.13. The quantitative estimate of drug-likeness (QED) is 0.910. The Bertz CT molecular complexity index is 698. The van der Waals surface area contributed by atoms with E-state index < -0.39 is 6.03 Å². The van der Waals surface area contributed by atoms with E-state index in [0.29, 0.717) is 17.8 Å². The normalized spacial score (nSPS) is 10.1. The molecule has 0 fully saturated rings. The zero-order chi connectivity index (χ0) is 16.1. The van der Waals surface area contributed by atoms with E-state index in [0.717, 1.165) is 11.1 Å². The number of rotatable bonds is 4. The number of primary amides is 1. The smallest absolute Gasteiger partial charge is 0.316 e. The molecule has 5 heteroatoms. The molecule has 0 saturated heterocycles. The van der Waals surface area contributed by atoms with Crippen molar-refractivity contribution >= 4 is 17.6 Å². The van der Waals surface area contributed by atoms with E-state index in [-0.39, 0.29) is 5.91 Å². The Morgan fingerprint density at radius 1 is 1.14 bits per heavy atom. The lowest BCUT2D eigenvalue weighted by Gasteiger charge is -2.19. The predicted molar refractivity (Wildman–Crippen MR) is 86.6 cm³/mol. The lowest BCUT2D eigenvalue weighted by Crippen LogP contribution is -2.26. The summed E-state index contributed by atoms with van der Waals surface area (Å²) in [6, 6.07) is 14.0. The largest absolute Gasteiger partial charge is 0.351 e. The van der Waals surface area contributed by atoms with E-state index in [1.165, 1.54) is 0 Å². The van der Waals surface area contributed by atoms with Gasteiger partial charge in [-0.15, -0.1) is 0 Å². The second-order valence-electron chi connectivity index (χ2n) is 5.16. The van der Waals surface area contributed by atoms with Crippen LogP contribution in [-0.2, 0) is 6.54 Å². The molecule has 0 radical (unpaired) electrons. The molecule has 3 N–H and O–H groups in total. The predicted octanol–water partition coefficient (Wildman–Crippen LogP) is 2.76. The van der Waals surface area contributed by atoms with Gasteiger partial charge in [0.25, 0.3) is 5.91 Å². The number of nitrogens with zero attached hydrogens (tertiary/aromatic N) is 1. The molecular formula is C17H19N3O2. The third-order valence-corrected chi connectivity index (χ3v) is 3.39. The van der Waals surface area contributed by atoms with Gasteiger partial charge in [0.15, 0.2) is 0 Å². The fourth-order valence-electron chi connectivity index (χ4n) is 2.21. The zero-order valence-corrected chi connectivity index (χ0v) is 12.7. The second kappa shape index (κ2) is 6.76. The minimum absolute atomic E-state index is 0.114. The van der Waals surface area contributed by atoms with Gasteiger partial charge in [0.1, 0.15) is 0 Å². The van der Waals surface area contributed by atoms with Gasteiger partial charge in [-0.25, -0.2) is 4.79 Å². The van der Waals surface area contributed by atoms with Crippen LogP contribution in [0.3, 0.4) is 0 Å². The molecule has 2 aromatic rings. The van der Waals surface area contributed by atoms with Crippen molar-refractivity contribution < 1.29 is 9.59 Å². The number of nitrogens with two attached hydrogens (primary N) is 1. The molecule has 2 aromatic carbocycles. The molecule has 0 atom stereocenters. The van der Waals surface area contributed by atoms with Crippen LogP contribution in [0, 0.1) is 6.92 Å². The SMILES string of the molecule is Cc1ccccc1CN(C)C(=O)c1cccc(NC(N)=O)c1. The zero-order valence-electron chi connectivity index (χ0n) is 12.7. The van der Waals surface area contributed by atoms with Crippen molar-refractivity contribution in [1.29, 1.82) is 0 Å². The Morgan fingerprint density at radius 2 is 1.86 bits per heavy atom. The molecule has 114 valence electrons. The van der Waals surface area contributed by atoms with Crippen LogP contribution in [0.15, 0.2) is 48.5 Å². The minimum Gasteiger partial charge on any atom is -0.351 e. The number of anilines is 1. The number of carbonyl (C=O) groups is 2. The first-order valence-corrected chi connectivity index (χ1v) is 6.94. The molecule has 22 heavy (non-hydrogen) atoms.